The Morgan fingerprint density at radius 2 is 0.938 bits per heavy atom. The second-order valence-electron chi connectivity index (χ2n) is 12.9. The number of carbonyl (C=O) groups is 2. The smallest absolute Gasteiger partial charge is 0.340 e. The molecule has 1 aromatic rings. The zero-order chi connectivity index (χ0) is 35.1. The van der Waals surface area contributed by atoms with E-state index in [0.717, 1.165) is 44.6 Å². The summed E-state index contributed by atoms with van der Waals surface area (Å²) in [5.41, 5.74) is -0.684. The first-order valence-electron chi connectivity index (χ1n) is 19.1. The first kappa shape index (κ1) is 43.6. The number of hydrogen-bond acceptors (Lipinski definition) is 6. The summed E-state index contributed by atoms with van der Waals surface area (Å²) in [6, 6.07) is 3.74. The quantitative estimate of drug-likeness (QED) is 0.0357. The van der Waals surface area contributed by atoms with Crippen LogP contribution in [0.1, 0.15) is 189 Å². The average molecular weight is 691 g/mol. The third kappa shape index (κ3) is 22.2. The van der Waals surface area contributed by atoms with Gasteiger partial charge in [-0.2, -0.15) is 8.42 Å². The lowest BCUT2D eigenvalue weighted by Gasteiger charge is -2.13. The van der Waals surface area contributed by atoms with E-state index in [1.54, 1.807) is 0 Å². The molecule has 0 amide bonds. The van der Waals surface area contributed by atoms with Gasteiger partial charge >= 0.3 is 11.9 Å². The molecule has 48 heavy (non-hydrogen) atoms. The third-order valence-electron chi connectivity index (χ3n) is 8.47. The van der Waals surface area contributed by atoms with E-state index in [9.17, 15) is 22.6 Å². The van der Waals surface area contributed by atoms with Crippen molar-refractivity contribution in [3.63, 3.8) is 0 Å². The summed E-state index contributed by atoms with van der Waals surface area (Å²) in [4.78, 5) is 25.2. The van der Waals surface area contributed by atoms with Gasteiger partial charge in [0.2, 0.25) is 0 Å². The van der Waals surface area contributed by atoms with Crippen molar-refractivity contribution in [2.24, 2.45) is 0 Å². The molecule has 0 aliphatic heterocycles. The SMILES string of the molecule is CCC/C=C/CCCCCCCCCCCOC(=O)c1cccc(S(=O)(=O)O)c1C(=O)OCCCCCCCCCCC/C=C/CCC. The number of benzene rings is 1. The molecule has 1 rings (SSSR count). The van der Waals surface area contributed by atoms with Gasteiger partial charge in [0.25, 0.3) is 10.1 Å². The number of esters is 2. The highest BCUT2D eigenvalue weighted by atomic mass is 32.2. The Balaban J connectivity index is 2.32. The van der Waals surface area contributed by atoms with Gasteiger partial charge in [0.15, 0.2) is 0 Å². The summed E-state index contributed by atoms with van der Waals surface area (Å²) < 4.78 is 44.6. The van der Waals surface area contributed by atoms with Gasteiger partial charge in [0.1, 0.15) is 4.90 Å². The molecule has 0 bridgehead atoms. The Kier molecular flexibility index (Phi) is 26.7. The summed E-state index contributed by atoms with van der Waals surface area (Å²) >= 11 is 0. The molecule has 1 N–H and O–H groups in total. The third-order valence-corrected chi connectivity index (χ3v) is 9.36. The highest BCUT2D eigenvalue weighted by Gasteiger charge is 2.28. The second kappa shape index (κ2) is 29.5. The van der Waals surface area contributed by atoms with E-state index in [1.807, 2.05) is 0 Å². The minimum Gasteiger partial charge on any atom is -0.462 e. The summed E-state index contributed by atoms with van der Waals surface area (Å²) in [7, 11) is -4.76. The molecule has 0 atom stereocenters. The normalized spacial score (nSPS) is 11.9. The molecule has 0 aromatic heterocycles. The lowest BCUT2D eigenvalue weighted by Crippen LogP contribution is -2.19. The first-order chi connectivity index (χ1) is 23.3. The standard InChI is InChI=1S/C40H66O7S/c1-3-5-7-9-11-13-15-17-19-21-23-25-27-29-34-46-39(41)36-32-31-33-37(48(43,44)45)38(36)40(42)47-35-30-28-26-24-22-20-18-16-14-12-10-8-6-4-2/h7-10,31-33H,3-6,11-30,34-35H2,1-2H3,(H,43,44,45)/b9-7+,10-8+. The van der Waals surface area contributed by atoms with Crippen LogP contribution in [0.4, 0.5) is 0 Å². The Bertz CT molecular complexity index is 1140. The molecule has 0 spiro atoms. The summed E-state index contributed by atoms with van der Waals surface area (Å²) in [5, 5.41) is 0. The van der Waals surface area contributed by atoms with Gasteiger partial charge < -0.3 is 9.47 Å². The maximum absolute atomic E-state index is 13.0. The molecule has 274 valence electrons. The van der Waals surface area contributed by atoms with Gasteiger partial charge in [0.05, 0.1) is 24.3 Å². The van der Waals surface area contributed by atoms with Crippen molar-refractivity contribution in [3.8, 4) is 0 Å². The van der Waals surface area contributed by atoms with E-state index in [0.29, 0.717) is 12.8 Å². The van der Waals surface area contributed by atoms with Crippen LogP contribution < -0.4 is 0 Å². The van der Waals surface area contributed by atoms with E-state index in [4.69, 9.17) is 9.47 Å². The highest BCUT2D eigenvalue weighted by molar-refractivity contribution is 7.86. The van der Waals surface area contributed by atoms with Gasteiger partial charge in [0, 0.05) is 0 Å². The van der Waals surface area contributed by atoms with E-state index in [2.05, 4.69) is 38.2 Å². The van der Waals surface area contributed by atoms with Crippen LogP contribution in [0.3, 0.4) is 0 Å². The van der Waals surface area contributed by atoms with Crippen molar-refractivity contribution in [2.75, 3.05) is 13.2 Å². The topological polar surface area (TPSA) is 107 Å². The monoisotopic (exact) mass is 690 g/mol. The molecule has 0 aliphatic rings. The van der Waals surface area contributed by atoms with Crippen LogP contribution in [0.2, 0.25) is 0 Å². The largest absolute Gasteiger partial charge is 0.462 e. The van der Waals surface area contributed by atoms with Gasteiger partial charge in [-0.05, 0) is 63.5 Å². The van der Waals surface area contributed by atoms with E-state index in [-0.39, 0.29) is 18.8 Å². The molecule has 7 nitrogen and oxygen atoms in total. The molecule has 0 heterocycles. The Morgan fingerprint density at radius 1 is 0.562 bits per heavy atom. The van der Waals surface area contributed by atoms with Gasteiger partial charge in [-0.25, -0.2) is 9.59 Å². The van der Waals surface area contributed by atoms with Gasteiger partial charge in [-0.3, -0.25) is 4.55 Å². The summed E-state index contributed by atoms with van der Waals surface area (Å²) in [6.07, 6.45) is 36.2. The fraction of sp³-hybridized carbons (Fsp3) is 0.700. The van der Waals surface area contributed by atoms with Crippen LogP contribution in [0, 0.1) is 0 Å². The van der Waals surface area contributed by atoms with Crippen LogP contribution in [-0.2, 0) is 19.6 Å². The van der Waals surface area contributed by atoms with Crippen LogP contribution in [0.25, 0.3) is 0 Å². The molecule has 0 aliphatic carbocycles. The van der Waals surface area contributed by atoms with Gasteiger partial charge in [-0.1, -0.05) is 147 Å². The lowest BCUT2D eigenvalue weighted by atomic mass is 10.1. The number of rotatable bonds is 31. The Morgan fingerprint density at radius 3 is 1.35 bits per heavy atom. The number of unbranched alkanes of at least 4 members (excludes halogenated alkanes) is 20. The predicted molar refractivity (Wildman–Crippen MR) is 197 cm³/mol. The number of hydrogen-bond donors (Lipinski definition) is 1. The van der Waals surface area contributed by atoms with Crippen molar-refractivity contribution < 1.29 is 32.0 Å². The average Bonchev–Trinajstić information content (AvgIpc) is 3.07. The van der Waals surface area contributed by atoms with Crippen molar-refractivity contribution in [2.45, 2.75) is 173 Å². The number of carbonyl (C=O) groups excluding carboxylic acids is 2. The molecule has 0 saturated carbocycles. The first-order valence-corrected chi connectivity index (χ1v) is 20.5. The Labute approximate surface area is 293 Å². The van der Waals surface area contributed by atoms with Crippen LogP contribution in [0.15, 0.2) is 47.4 Å². The molecule has 8 heteroatoms. The summed E-state index contributed by atoms with van der Waals surface area (Å²) in [5.74, 6) is -1.75. The second-order valence-corrected chi connectivity index (χ2v) is 14.3. The zero-order valence-electron chi connectivity index (χ0n) is 30.2. The fourth-order valence-electron chi connectivity index (χ4n) is 5.61. The predicted octanol–water partition coefficient (Wildman–Crippen LogP) is 11.8. The molecule has 0 saturated heterocycles. The maximum atomic E-state index is 13.0. The Hall–Kier alpha value is -2.45. The van der Waals surface area contributed by atoms with Crippen molar-refractivity contribution in [1.29, 1.82) is 0 Å². The molecule has 0 fully saturated rings. The van der Waals surface area contributed by atoms with Crippen molar-refractivity contribution in [3.05, 3.63) is 53.6 Å². The molecular formula is C40H66O7S. The maximum Gasteiger partial charge on any atom is 0.340 e. The van der Waals surface area contributed by atoms with Crippen LogP contribution in [-0.4, -0.2) is 38.1 Å². The van der Waals surface area contributed by atoms with E-state index < -0.39 is 32.5 Å². The minimum atomic E-state index is -4.76. The lowest BCUT2D eigenvalue weighted by molar-refractivity contribution is 0.0446. The molecule has 0 radical (unpaired) electrons. The van der Waals surface area contributed by atoms with Crippen LogP contribution >= 0.6 is 0 Å². The fourth-order valence-corrected chi connectivity index (χ4v) is 6.32. The highest BCUT2D eigenvalue weighted by Crippen LogP contribution is 2.23. The number of ether oxygens (including phenoxy) is 2. The van der Waals surface area contributed by atoms with E-state index >= 15 is 0 Å². The molecule has 0 unspecified atom stereocenters. The van der Waals surface area contributed by atoms with E-state index in [1.165, 1.54) is 115 Å². The van der Waals surface area contributed by atoms with Gasteiger partial charge in [-0.15, -0.1) is 0 Å². The molecule has 1 aromatic carbocycles. The van der Waals surface area contributed by atoms with Crippen molar-refractivity contribution in [1.82, 2.24) is 0 Å². The zero-order valence-corrected chi connectivity index (χ0v) is 31.0. The molecular weight excluding hydrogens is 624 g/mol. The minimum absolute atomic E-state index is 0.106. The summed E-state index contributed by atoms with van der Waals surface area (Å²) in [6.45, 7) is 4.67. The van der Waals surface area contributed by atoms with Crippen LogP contribution in [0.5, 0.6) is 0 Å². The van der Waals surface area contributed by atoms with Crippen molar-refractivity contribution >= 4 is 22.1 Å². The number of allylic oxidation sites excluding steroid dienone is 4.